The van der Waals surface area contributed by atoms with Gasteiger partial charge in [0.15, 0.2) is 11.6 Å². The van der Waals surface area contributed by atoms with Crippen LogP contribution in [0.4, 0.5) is 4.39 Å². The van der Waals surface area contributed by atoms with E-state index in [0.29, 0.717) is 47.1 Å². The topological polar surface area (TPSA) is 63.7 Å². The van der Waals surface area contributed by atoms with E-state index in [-0.39, 0.29) is 35.7 Å². The molecule has 0 radical (unpaired) electrons. The zero-order chi connectivity index (χ0) is 24.0. The fourth-order valence-corrected chi connectivity index (χ4v) is 5.88. The van der Waals surface area contributed by atoms with Gasteiger partial charge < -0.3 is 9.64 Å². The summed E-state index contributed by atoms with van der Waals surface area (Å²) in [6.45, 7) is 4.43. The Balaban J connectivity index is 1.43. The number of ketones is 2. The van der Waals surface area contributed by atoms with E-state index in [2.05, 4.69) is 0 Å². The number of carbonyl (C=O) groups excluding carboxylic acids is 3. The average Bonchev–Trinajstić information content (AvgIpc) is 3.20. The predicted octanol–water partition coefficient (Wildman–Crippen LogP) is 4.83. The Hall–Kier alpha value is -3.02. The molecule has 34 heavy (non-hydrogen) atoms. The van der Waals surface area contributed by atoms with Gasteiger partial charge in [-0.2, -0.15) is 0 Å². The van der Waals surface area contributed by atoms with Gasteiger partial charge in [0.25, 0.3) is 0 Å². The van der Waals surface area contributed by atoms with Crippen LogP contribution >= 0.6 is 0 Å². The molecule has 2 aliphatic heterocycles. The predicted molar refractivity (Wildman–Crippen MR) is 126 cm³/mol. The molecular weight excluding hydrogens is 433 g/mol. The van der Waals surface area contributed by atoms with Gasteiger partial charge in [0.2, 0.25) is 5.91 Å². The van der Waals surface area contributed by atoms with Crippen LogP contribution in [-0.4, -0.2) is 48.2 Å². The van der Waals surface area contributed by atoms with E-state index < -0.39 is 12.8 Å². The van der Waals surface area contributed by atoms with E-state index in [1.165, 1.54) is 0 Å². The van der Waals surface area contributed by atoms with Crippen LogP contribution in [0, 0.1) is 17.8 Å². The van der Waals surface area contributed by atoms with Crippen molar-refractivity contribution < 1.29 is 23.5 Å². The Bertz CT molecular complexity index is 1120. The van der Waals surface area contributed by atoms with Crippen molar-refractivity contribution >= 4 is 17.5 Å². The van der Waals surface area contributed by atoms with Crippen molar-refractivity contribution in [1.82, 2.24) is 4.90 Å². The smallest absolute Gasteiger partial charge is 0.222 e. The summed E-state index contributed by atoms with van der Waals surface area (Å²) in [4.78, 5) is 40.0. The second-order valence-electron chi connectivity index (χ2n) is 9.69. The first-order chi connectivity index (χ1) is 16.5. The van der Waals surface area contributed by atoms with Gasteiger partial charge in [-0.3, -0.25) is 14.4 Å². The minimum absolute atomic E-state index is 0.00349. The van der Waals surface area contributed by atoms with Crippen molar-refractivity contribution in [2.45, 2.75) is 45.1 Å². The minimum atomic E-state index is -0.726. The summed E-state index contributed by atoms with van der Waals surface area (Å²) in [5, 5.41) is 0. The summed E-state index contributed by atoms with van der Waals surface area (Å²) in [7, 11) is 0. The van der Waals surface area contributed by atoms with E-state index >= 15 is 0 Å². The molecular formula is C28H30FNO4. The molecule has 2 aromatic carbocycles. The molecule has 5 nitrogen and oxygen atoms in total. The number of Topliss-reactive ketones (excluding diaryl/α,β-unsaturated/α-hetero) is 2. The highest BCUT2D eigenvalue weighted by Crippen LogP contribution is 2.54. The Kier molecular flexibility index (Phi) is 6.00. The first kappa shape index (κ1) is 22.8. The molecule has 2 aromatic rings. The molecule has 1 aliphatic carbocycles. The fourth-order valence-electron chi connectivity index (χ4n) is 5.88. The number of nitrogens with zero attached hydrogens (tertiary/aromatic N) is 1. The van der Waals surface area contributed by atoms with Crippen LogP contribution in [0.15, 0.2) is 42.5 Å². The lowest BCUT2D eigenvalue weighted by Crippen LogP contribution is -2.31. The van der Waals surface area contributed by atoms with Gasteiger partial charge in [-0.1, -0.05) is 44.2 Å². The van der Waals surface area contributed by atoms with Crippen LogP contribution in [0.2, 0.25) is 0 Å². The minimum Gasteiger partial charge on any atom is -0.486 e. The van der Waals surface area contributed by atoms with Gasteiger partial charge in [-0.25, -0.2) is 4.39 Å². The number of hydrogen-bond donors (Lipinski definition) is 0. The third-order valence-corrected chi connectivity index (χ3v) is 7.80. The summed E-state index contributed by atoms with van der Waals surface area (Å²) in [5.74, 6) is 1.16. The average molecular weight is 464 g/mol. The molecule has 1 saturated heterocycles. The van der Waals surface area contributed by atoms with Crippen LogP contribution < -0.4 is 4.74 Å². The normalized spacial score (nSPS) is 26.6. The number of carbonyl (C=O) groups is 3. The Morgan fingerprint density at radius 1 is 1.00 bits per heavy atom. The third-order valence-electron chi connectivity index (χ3n) is 7.80. The van der Waals surface area contributed by atoms with Crippen molar-refractivity contribution in [2.24, 2.45) is 17.8 Å². The molecule has 0 aromatic heterocycles. The third kappa shape index (κ3) is 3.83. The highest BCUT2D eigenvalue weighted by Gasteiger charge is 2.56. The van der Waals surface area contributed by atoms with Crippen LogP contribution in [-0.2, 0) is 4.79 Å². The lowest BCUT2D eigenvalue weighted by Gasteiger charge is -2.19. The maximum absolute atomic E-state index is 14.0. The number of hydrogen-bond acceptors (Lipinski definition) is 4. The molecule has 2 fully saturated rings. The van der Waals surface area contributed by atoms with Crippen LogP contribution in [0.5, 0.6) is 5.75 Å². The second kappa shape index (κ2) is 8.97. The number of rotatable bonds is 8. The number of likely N-dealkylation sites (tertiary alicyclic amines) is 1. The van der Waals surface area contributed by atoms with Gasteiger partial charge in [0.1, 0.15) is 18.5 Å². The van der Waals surface area contributed by atoms with Crippen molar-refractivity contribution in [3.05, 3.63) is 64.7 Å². The Morgan fingerprint density at radius 2 is 1.71 bits per heavy atom. The monoisotopic (exact) mass is 463 g/mol. The number of piperidine rings is 1. The lowest BCUT2D eigenvalue weighted by atomic mass is 9.85. The molecule has 0 bridgehead atoms. The highest BCUT2D eigenvalue weighted by atomic mass is 19.1. The molecule has 1 unspecified atom stereocenters. The first-order valence-electron chi connectivity index (χ1n) is 12.3. The lowest BCUT2D eigenvalue weighted by molar-refractivity contribution is -0.130. The first-order valence-corrected chi connectivity index (χ1v) is 12.3. The van der Waals surface area contributed by atoms with Crippen LogP contribution in [0.25, 0.3) is 0 Å². The highest BCUT2D eigenvalue weighted by molar-refractivity contribution is 6.04. The van der Waals surface area contributed by atoms with Crippen LogP contribution in [0.1, 0.15) is 70.9 Å². The number of alkyl halides is 1. The van der Waals surface area contributed by atoms with E-state index in [1.807, 2.05) is 48.2 Å². The van der Waals surface area contributed by atoms with E-state index in [4.69, 9.17) is 4.74 Å². The Labute approximate surface area is 199 Å². The van der Waals surface area contributed by atoms with Gasteiger partial charge in [-0.15, -0.1) is 0 Å². The summed E-state index contributed by atoms with van der Waals surface area (Å²) in [6, 6.07) is 13.0. The number of benzene rings is 2. The zero-order valence-corrected chi connectivity index (χ0v) is 19.6. The van der Waals surface area contributed by atoms with Gasteiger partial charge >= 0.3 is 0 Å². The zero-order valence-electron chi connectivity index (χ0n) is 19.6. The van der Waals surface area contributed by atoms with Gasteiger partial charge in [0.05, 0.1) is 11.5 Å². The van der Waals surface area contributed by atoms with E-state index in [0.717, 1.165) is 18.7 Å². The van der Waals surface area contributed by atoms with E-state index in [9.17, 15) is 18.8 Å². The van der Waals surface area contributed by atoms with Crippen LogP contribution in [0.3, 0.4) is 0 Å². The molecule has 6 heteroatoms. The van der Waals surface area contributed by atoms with Crippen molar-refractivity contribution in [3.8, 4) is 5.75 Å². The molecule has 2 heterocycles. The summed E-state index contributed by atoms with van der Waals surface area (Å²) < 4.78 is 20.0. The summed E-state index contributed by atoms with van der Waals surface area (Å²) in [6.07, 6.45) is 0.469. The summed E-state index contributed by atoms with van der Waals surface area (Å²) in [5.41, 5.74) is 2.48. The molecule has 178 valence electrons. The number of fused-ring (bicyclic) bond motifs is 2. The molecule has 0 spiro atoms. The fraction of sp³-hybridized carbons (Fsp3) is 0.464. The SMILES string of the molecule is CCC(=O)c1cc(C(=O)CC2[C@H]3CN(C(=O)CC)C[C@@H]23)cc2c1O[C@@H](CF)[C@@H]2c1ccccc1. The maximum Gasteiger partial charge on any atom is 0.222 e. The summed E-state index contributed by atoms with van der Waals surface area (Å²) >= 11 is 0. The maximum atomic E-state index is 14.0. The second-order valence-corrected chi connectivity index (χ2v) is 9.69. The van der Waals surface area contributed by atoms with Gasteiger partial charge in [-0.05, 0) is 35.4 Å². The molecule has 3 aliphatic rings. The Morgan fingerprint density at radius 3 is 2.32 bits per heavy atom. The van der Waals surface area contributed by atoms with Crippen molar-refractivity contribution in [1.29, 1.82) is 0 Å². The quantitative estimate of drug-likeness (QED) is 0.526. The standard InChI is InChI=1S/C28H30FNO4/c1-3-23(31)19-10-17(24(32)12-18-21-14-30(15-22(18)21)26(33)4-2)11-20-27(16-8-6-5-7-9-16)25(13-29)34-28(19)20/h5-11,18,21-22,25,27H,3-4,12-15H2,1-2H3/t18?,21-,22+,25-,27+/m0/s1. The number of amides is 1. The molecule has 1 amide bonds. The molecule has 5 rings (SSSR count). The largest absolute Gasteiger partial charge is 0.486 e. The van der Waals surface area contributed by atoms with Crippen molar-refractivity contribution in [2.75, 3.05) is 19.8 Å². The number of halogens is 1. The molecule has 1 saturated carbocycles. The molecule has 0 N–H and O–H groups in total. The van der Waals surface area contributed by atoms with Gasteiger partial charge in [0, 0.05) is 43.5 Å². The molecule has 5 atom stereocenters. The van der Waals surface area contributed by atoms with Crippen molar-refractivity contribution in [3.63, 3.8) is 0 Å². The number of ether oxygens (including phenoxy) is 1. The van der Waals surface area contributed by atoms with E-state index in [1.54, 1.807) is 13.0 Å².